The molecule has 2 rings (SSSR count). The second kappa shape index (κ2) is 5.89. The largest absolute Gasteiger partial charge is 0.398 e. The molecule has 2 N–H and O–H groups in total. The fraction of sp³-hybridized carbons (Fsp3) is 0.533. The number of nitrogens with two attached hydrogens (primary N) is 1. The van der Waals surface area contributed by atoms with Crippen LogP contribution < -0.4 is 5.73 Å². The molecule has 0 aromatic heterocycles. The van der Waals surface area contributed by atoms with Crippen LogP contribution in [-0.2, 0) is 11.3 Å². The quantitative estimate of drug-likeness (QED) is 0.784. The molecular weight excluding hydrogens is 224 g/mol. The second-order valence-electron chi connectivity index (χ2n) is 5.16. The van der Waals surface area contributed by atoms with E-state index in [9.17, 15) is 4.79 Å². The summed E-state index contributed by atoms with van der Waals surface area (Å²) in [6, 6.07) is 7.80. The first-order valence-corrected chi connectivity index (χ1v) is 6.82. The van der Waals surface area contributed by atoms with Gasteiger partial charge in [-0.2, -0.15) is 0 Å². The van der Waals surface area contributed by atoms with Gasteiger partial charge in [0.05, 0.1) is 0 Å². The van der Waals surface area contributed by atoms with E-state index in [0.29, 0.717) is 18.9 Å². The molecule has 0 bridgehead atoms. The number of para-hydroxylation sites is 1. The van der Waals surface area contributed by atoms with E-state index in [-0.39, 0.29) is 5.91 Å². The van der Waals surface area contributed by atoms with Crippen LogP contribution in [0.4, 0.5) is 5.69 Å². The molecule has 1 aliphatic carbocycles. The Labute approximate surface area is 109 Å². The third-order valence-corrected chi connectivity index (χ3v) is 3.42. The van der Waals surface area contributed by atoms with Crippen LogP contribution in [0, 0.1) is 5.92 Å². The number of amides is 1. The van der Waals surface area contributed by atoms with E-state index in [4.69, 9.17) is 5.73 Å². The number of nitrogens with zero attached hydrogens (tertiary/aromatic N) is 1. The van der Waals surface area contributed by atoms with E-state index in [0.717, 1.165) is 24.2 Å². The van der Waals surface area contributed by atoms with Crippen molar-refractivity contribution in [3.8, 4) is 0 Å². The first-order chi connectivity index (χ1) is 8.70. The smallest absolute Gasteiger partial charge is 0.223 e. The highest BCUT2D eigenvalue weighted by atomic mass is 16.2. The van der Waals surface area contributed by atoms with Gasteiger partial charge in [-0.15, -0.1) is 0 Å². The molecule has 0 heterocycles. The van der Waals surface area contributed by atoms with Crippen molar-refractivity contribution in [2.75, 3.05) is 12.3 Å². The fourth-order valence-corrected chi connectivity index (χ4v) is 2.14. The standard InChI is InChI=1S/C15H22N2O/c1-2-9-17(15(18)10-12-7-8-12)11-13-5-3-4-6-14(13)16/h3-6,12H,2,7-11,16H2,1H3. The monoisotopic (exact) mass is 246 g/mol. The number of anilines is 1. The average molecular weight is 246 g/mol. The van der Waals surface area contributed by atoms with Gasteiger partial charge in [-0.25, -0.2) is 0 Å². The number of hydrogen-bond donors (Lipinski definition) is 1. The number of nitrogen functional groups attached to an aromatic ring is 1. The molecule has 1 fully saturated rings. The van der Waals surface area contributed by atoms with Gasteiger partial charge in [-0.1, -0.05) is 25.1 Å². The molecule has 0 radical (unpaired) electrons. The molecule has 0 aliphatic heterocycles. The van der Waals surface area contributed by atoms with Crippen LogP contribution in [0.1, 0.15) is 38.2 Å². The lowest BCUT2D eigenvalue weighted by Crippen LogP contribution is -2.31. The van der Waals surface area contributed by atoms with Gasteiger partial charge in [-0.05, 0) is 36.8 Å². The van der Waals surface area contributed by atoms with Crippen LogP contribution in [0.15, 0.2) is 24.3 Å². The maximum atomic E-state index is 12.2. The van der Waals surface area contributed by atoms with E-state index in [1.54, 1.807) is 0 Å². The molecule has 0 spiro atoms. The molecule has 1 saturated carbocycles. The summed E-state index contributed by atoms with van der Waals surface area (Å²) in [4.78, 5) is 14.1. The van der Waals surface area contributed by atoms with Gasteiger partial charge in [0.2, 0.25) is 5.91 Å². The first kappa shape index (κ1) is 12.9. The molecule has 0 unspecified atom stereocenters. The highest BCUT2D eigenvalue weighted by Gasteiger charge is 2.26. The Hall–Kier alpha value is -1.51. The number of hydrogen-bond acceptors (Lipinski definition) is 2. The highest BCUT2D eigenvalue weighted by molar-refractivity contribution is 5.77. The maximum absolute atomic E-state index is 12.2. The van der Waals surface area contributed by atoms with Gasteiger partial charge < -0.3 is 10.6 Å². The van der Waals surface area contributed by atoms with Crippen LogP contribution in [0.3, 0.4) is 0 Å². The van der Waals surface area contributed by atoms with E-state index in [1.807, 2.05) is 29.2 Å². The molecule has 18 heavy (non-hydrogen) atoms. The third-order valence-electron chi connectivity index (χ3n) is 3.42. The summed E-state index contributed by atoms with van der Waals surface area (Å²) in [6.07, 6.45) is 4.15. The molecule has 3 heteroatoms. The zero-order valence-electron chi connectivity index (χ0n) is 11.1. The van der Waals surface area contributed by atoms with Crippen molar-refractivity contribution in [1.29, 1.82) is 0 Å². The molecule has 0 atom stereocenters. The third kappa shape index (κ3) is 3.49. The Morgan fingerprint density at radius 2 is 2.11 bits per heavy atom. The van der Waals surface area contributed by atoms with E-state index >= 15 is 0 Å². The predicted octanol–water partition coefficient (Wildman–Crippen LogP) is 2.81. The Balaban J connectivity index is 2.00. The van der Waals surface area contributed by atoms with Crippen molar-refractivity contribution in [2.45, 2.75) is 39.2 Å². The Morgan fingerprint density at radius 3 is 2.72 bits per heavy atom. The number of carbonyl (C=O) groups excluding carboxylic acids is 1. The van der Waals surface area contributed by atoms with Crippen LogP contribution in [0.25, 0.3) is 0 Å². The minimum Gasteiger partial charge on any atom is -0.398 e. The Kier molecular flexibility index (Phi) is 4.24. The Morgan fingerprint density at radius 1 is 1.39 bits per heavy atom. The lowest BCUT2D eigenvalue weighted by Gasteiger charge is -2.23. The van der Waals surface area contributed by atoms with Gasteiger partial charge in [0.15, 0.2) is 0 Å². The van der Waals surface area contributed by atoms with Gasteiger partial charge in [-0.3, -0.25) is 4.79 Å². The summed E-state index contributed by atoms with van der Waals surface area (Å²) in [5.74, 6) is 0.924. The van der Waals surface area contributed by atoms with Crippen LogP contribution in [-0.4, -0.2) is 17.4 Å². The van der Waals surface area contributed by atoms with Crippen molar-refractivity contribution < 1.29 is 4.79 Å². The van der Waals surface area contributed by atoms with Crippen molar-refractivity contribution in [1.82, 2.24) is 4.90 Å². The summed E-state index contributed by atoms with van der Waals surface area (Å²) in [5, 5.41) is 0. The number of carbonyl (C=O) groups is 1. The van der Waals surface area contributed by atoms with Gasteiger partial charge in [0.1, 0.15) is 0 Å². The molecule has 1 aromatic carbocycles. The molecule has 3 nitrogen and oxygen atoms in total. The molecule has 98 valence electrons. The summed E-state index contributed by atoms with van der Waals surface area (Å²) >= 11 is 0. The van der Waals surface area contributed by atoms with Crippen LogP contribution in [0.2, 0.25) is 0 Å². The van der Waals surface area contributed by atoms with E-state index < -0.39 is 0 Å². The molecule has 0 saturated heterocycles. The van der Waals surface area contributed by atoms with E-state index in [1.165, 1.54) is 12.8 Å². The normalized spacial score (nSPS) is 14.5. The fourth-order valence-electron chi connectivity index (χ4n) is 2.14. The van der Waals surface area contributed by atoms with Gasteiger partial charge >= 0.3 is 0 Å². The average Bonchev–Trinajstić information content (AvgIpc) is 3.15. The van der Waals surface area contributed by atoms with Crippen molar-refractivity contribution in [2.24, 2.45) is 5.92 Å². The van der Waals surface area contributed by atoms with E-state index in [2.05, 4.69) is 6.92 Å². The maximum Gasteiger partial charge on any atom is 0.223 e. The second-order valence-corrected chi connectivity index (χ2v) is 5.16. The molecular formula is C15H22N2O. The minimum atomic E-state index is 0.280. The topological polar surface area (TPSA) is 46.3 Å². The minimum absolute atomic E-state index is 0.280. The SMILES string of the molecule is CCCN(Cc1ccccc1N)C(=O)CC1CC1. The molecule has 1 aromatic rings. The number of rotatable bonds is 6. The molecule has 1 amide bonds. The van der Waals surface area contributed by atoms with Gasteiger partial charge in [0.25, 0.3) is 0 Å². The van der Waals surface area contributed by atoms with Crippen LogP contribution in [0.5, 0.6) is 0 Å². The van der Waals surface area contributed by atoms with Crippen LogP contribution >= 0.6 is 0 Å². The summed E-state index contributed by atoms with van der Waals surface area (Å²) in [5.41, 5.74) is 7.77. The zero-order chi connectivity index (χ0) is 13.0. The van der Waals surface area contributed by atoms with Crippen molar-refractivity contribution in [3.63, 3.8) is 0 Å². The summed E-state index contributed by atoms with van der Waals surface area (Å²) in [6.45, 7) is 3.57. The summed E-state index contributed by atoms with van der Waals surface area (Å²) < 4.78 is 0. The summed E-state index contributed by atoms with van der Waals surface area (Å²) in [7, 11) is 0. The zero-order valence-corrected chi connectivity index (χ0v) is 11.1. The highest BCUT2D eigenvalue weighted by Crippen LogP contribution is 2.33. The molecule has 1 aliphatic rings. The predicted molar refractivity (Wildman–Crippen MR) is 73.9 cm³/mol. The van der Waals surface area contributed by atoms with Gasteiger partial charge in [0, 0.05) is 25.2 Å². The Bertz CT molecular complexity index is 413. The lowest BCUT2D eigenvalue weighted by atomic mass is 10.1. The van der Waals surface area contributed by atoms with Crippen molar-refractivity contribution >= 4 is 11.6 Å². The number of benzene rings is 1. The first-order valence-electron chi connectivity index (χ1n) is 6.82. The van der Waals surface area contributed by atoms with Crippen molar-refractivity contribution in [3.05, 3.63) is 29.8 Å². The lowest BCUT2D eigenvalue weighted by molar-refractivity contribution is -0.132.